The highest BCUT2D eigenvalue weighted by molar-refractivity contribution is 6.58. The lowest BCUT2D eigenvalue weighted by Gasteiger charge is -2.26. The molecule has 0 aliphatic carbocycles. The van der Waals surface area contributed by atoms with Crippen LogP contribution in [0.5, 0.6) is 11.5 Å². The first-order chi connectivity index (χ1) is 20.0. The van der Waals surface area contributed by atoms with Crippen LogP contribution in [-0.4, -0.2) is 89.2 Å². The van der Waals surface area contributed by atoms with Crippen LogP contribution in [0.25, 0.3) is 0 Å². The van der Waals surface area contributed by atoms with Gasteiger partial charge in [-0.2, -0.15) is 0 Å². The average molecular weight is 567 g/mol. The molecule has 0 bridgehead atoms. The maximum Gasteiger partial charge on any atom is 0.504 e. The molecule has 3 aromatic carbocycles. The highest BCUT2D eigenvalue weighted by Gasteiger charge is 2.20. The number of carbonyl (C=O) groups excluding carboxylic acids is 1. The molecular weight excluding hydrogens is 532 g/mol. The lowest BCUT2D eigenvalue weighted by Crippen LogP contribution is -2.29. The van der Waals surface area contributed by atoms with Crippen molar-refractivity contribution in [1.82, 2.24) is 0 Å². The van der Waals surface area contributed by atoms with Gasteiger partial charge < -0.3 is 48.3 Å². The van der Waals surface area contributed by atoms with E-state index in [1.807, 2.05) is 4.90 Å². The third-order valence-electron chi connectivity index (χ3n) is 5.78. The fourth-order valence-corrected chi connectivity index (χ4v) is 3.83. The number of anilines is 3. The molecule has 0 aliphatic heterocycles. The molecule has 218 valence electrons. The van der Waals surface area contributed by atoms with Crippen LogP contribution in [0.4, 0.5) is 17.1 Å². The van der Waals surface area contributed by atoms with Gasteiger partial charge >= 0.3 is 20.8 Å². The molecule has 0 radical (unpaired) electrons. The van der Waals surface area contributed by atoms with Crippen LogP contribution in [0.3, 0.4) is 0 Å². The summed E-state index contributed by atoms with van der Waals surface area (Å²) in [4.78, 5) is 14.8. The third kappa shape index (κ3) is 9.78. The highest BCUT2D eigenvalue weighted by atomic mass is 16.6. The number of carbonyl (C=O) groups is 1. The number of esters is 1. The van der Waals surface area contributed by atoms with Gasteiger partial charge in [0.05, 0.1) is 39.6 Å². The first kappa shape index (κ1) is 31.9. The van der Waals surface area contributed by atoms with Gasteiger partial charge in [-0.3, -0.25) is 0 Å². The Kier molecular flexibility index (Phi) is 13.5. The van der Waals surface area contributed by atoms with E-state index in [0.717, 1.165) is 5.69 Å². The molecule has 0 saturated heterocycles. The lowest BCUT2D eigenvalue weighted by atomic mass is 9.80. The van der Waals surface area contributed by atoms with Crippen molar-refractivity contribution in [3.63, 3.8) is 0 Å². The van der Waals surface area contributed by atoms with E-state index in [1.54, 1.807) is 80.8 Å². The van der Waals surface area contributed by atoms with E-state index < -0.39 is 20.8 Å². The van der Waals surface area contributed by atoms with Crippen molar-refractivity contribution >= 4 is 43.3 Å². The summed E-state index contributed by atoms with van der Waals surface area (Å²) in [7, 11) is -0.447. The van der Waals surface area contributed by atoms with Crippen molar-refractivity contribution in [2.45, 2.75) is 6.92 Å². The van der Waals surface area contributed by atoms with Gasteiger partial charge in [0.15, 0.2) is 0 Å². The molecular formula is C28H35B2NO10. The van der Waals surface area contributed by atoms with Crippen molar-refractivity contribution in [2.24, 2.45) is 0 Å². The molecule has 3 rings (SSSR count). The van der Waals surface area contributed by atoms with Crippen molar-refractivity contribution < 1.29 is 48.2 Å². The Hall–Kier alpha value is -3.58. The number of hydrogen-bond donors (Lipinski definition) is 3. The van der Waals surface area contributed by atoms with Gasteiger partial charge in [-0.05, 0) is 67.0 Å². The summed E-state index contributed by atoms with van der Waals surface area (Å²) in [5.41, 5.74) is 2.60. The Labute approximate surface area is 240 Å². The Balaban J connectivity index is 1.85. The van der Waals surface area contributed by atoms with Crippen LogP contribution >= 0.6 is 0 Å². The molecule has 11 nitrogen and oxygen atoms in total. The van der Waals surface area contributed by atoms with Crippen LogP contribution < -0.4 is 19.8 Å². The van der Waals surface area contributed by atoms with Gasteiger partial charge in [-0.25, -0.2) is 4.79 Å². The second-order valence-electron chi connectivity index (χ2n) is 8.53. The number of methoxy groups -OCH3 is 1. The van der Waals surface area contributed by atoms with Crippen molar-refractivity contribution in [1.29, 1.82) is 0 Å². The molecule has 0 atom stereocenters. The quantitative estimate of drug-likeness (QED) is 0.118. The Morgan fingerprint density at radius 3 is 2.00 bits per heavy atom. The van der Waals surface area contributed by atoms with Gasteiger partial charge in [-0.15, -0.1) is 0 Å². The zero-order valence-corrected chi connectivity index (χ0v) is 23.2. The summed E-state index contributed by atoms with van der Waals surface area (Å²) in [6.45, 7) is 4.29. The van der Waals surface area contributed by atoms with E-state index in [0.29, 0.717) is 61.4 Å². The molecule has 0 saturated carbocycles. The summed E-state index contributed by atoms with van der Waals surface area (Å²) in [6.07, 6.45) is 0. The SMILES string of the molecule is CCOC(=O)c1cc(N(c2ccc(OBO)cc2)c2ccc(B(O)O)cc2)ccc1OCCOCCOCCOC. The zero-order valence-electron chi connectivity index (χ0n) is 23.2. The molecule has 3 N–H and O–H groups in total. The van der Waals surface area contributed by atoms with E-state index >= 15 is 0 Å². The van der Waals surface area contributed by atoms with Crippen LogP contribution in [0, 0.1) is 0 Å². The van der Waals surface area contributed by atoms with Crippen LogP contribution in [-0.2, 0) is 18.9 Å². The van der Waals surface area contributed by atoms with Crippen LogP contribution in [0.2, 0.25) is 0 Å². The van der Waals surface area contributed by atoms with Gasteiger partial charge in [0.1, 0.15) is 23.7 Å². The fourth-order valence-electron chi connectivity index (χ4n) is 3.83. The molecule has 0 unspecified atom stereocenters. The molecule has 3 aromatic rings. The molecule has 0 amide bonds. The molecule has 0 fully saturated rings. The zero-order chi connectivity index (χ0) is 29.5. The minimum absolute atomic E-state index is 0.190. The predicted octanol–water partition coefficient (Wildman–Crippen LogP) is 1.71. The van der Waals surface area contributed by atoms with Crippen LogP contribution in [0.15, 0.2) is 66.7 Å². The summed E-state index contributed by atoms with van der Waals surface area (Å²) >= 11 is 0. The monoisotopic (exact) mass is 567 g/mol. The number of nitrogens with zero attached hydrogens (tertiary/aromatic N) is 1. The number of hydrogen-bond acceptors (Lipinski definition) is 11. The average Bonchev–Trinajstić information content (AvgIpc) is 2.98. The predicted molar refractivity (Wildman–Crippen MR) is 156 cm³/mol. The van der Waals surface area contributed by atoms with E-state index in [4.69, 9.17) is 33.4 Å². The molecule has 0 spiro atoms. The third-order valence-corrected chi connectivity index (χ3v) is 5.78. The van der Waals surface area contributed by atoms with E-state index in [1.165, 1.54) is 0 Å². The smallest absolute Gasteiger partial charge is 0.504 e. The van der Waals surface area contributed by atoms with Crippen molar-refractivity contribution in [3.05, 3.63) is 72.3 Å². The van der Waals surface area contributed by atoms with Crippen LogP contribution in [0.1, 0.15) is 17.3 Å². The molecule has 13 heteroatoms. The standard InChI is InChI=1S/C28H35B2NO10/c1-3-39-28(32)26-20-24(10-13-27(26)40-19-18-38-17-16-37-15-14-36-2)31(22-6-4-21(5-7-22)30(34)35)23-8-11-25(12-9-23)41-29-33/h4-13,20,29,33-35H,3,14-19H2,1-2H3. The van der Waals surface area contributed by atoms with E-state index in [2.05, 4.69) is 0 Å². The summed E-state index contributed by atoms with van der Waals surface area (Å²) in [6, 6.07) is 18.8. The highest BCUT2D eigenvalue weighted by Crippen LogP contribution is 2.37. The topological polar surface area (TPSA) is 136 Å². The molecule has 0 heterocycles. The fraction of sp³-hybridized carbons (Fsp3) is 0.321. The Bertz CT molecular complexity index is 1200. The second kappa shape index (κ2) is 17.3. The lowest BCUT2D eigenvalue weighted by molar-refractivity contribution is 0.0178. The maximum atomic E-state index is 12.9. The molecule has 41 heavy (non-hydrogen) atoms. The number of benzene rings is 3. The Morgan fingerprint density at radius 2 is 1.41 bits per heavy atom. The van der Waals surface area contributed by atoms with Crippen molar-refractivity contribution in [2.75, 3.05) is 58.3 Å². The minimum atomic E-state index is -1.61. The van der Waals surface area contributed by atoms with Gasteiger partial charge in [0.25, 0.3) is 0 Å². The minimum Gasteiger partial charge on any atom is -0.539 e. The van der Waals surface area contributed by atoms with Gasteiger partial charge in [0, 0.05) is 24.2 Å². The van der Waals surface area contributed by atoms with Gasteiger partial charge in [-0.1, -0.05) is 12.1 Å². The maximum absolute atomic E-state index is 12.9. The summed E-state index contributed by atoms with van der Waals surface area (Å²) in [5.74, 6) is 0.286. The van der Waals surface area contributed by atoms with E-state index in [9.17, 15) is 14.8 Å². The van der Waals surface area contributed by atoms with Gasteiger partial charge in [0.2, 0.25) is 0 Å². The molecule has 0 aliphatic rings. The summed E-state index contributed by atoms with van der Waals surface area (Å²) < 4.78 is 32.2. The summed E-state index contributed by atoms with van der Waals surface area (Å²) in [5, 5.41) is 28.1. The number of rotatable bonds is 18. The van der Waals surface area contributed by atoms with E-state index in [-0.39, 0.29) is 18.8 Å². The number of ether oxygens (including phenoxy) is 5. The Morgan fingerprint density at radius 1 is 0.829 bits per heavy atom. The normalized spacial score (nSPS) is 10.7. The largest absolute Gasteiger partial charge is 0.539 e. The first-order valence-corrected chi connectivity index (χ1v) is 13.2. The molecule has 0 aromatic heterocycles. The van der Waals surface area contributed by atoms with Crippen molar-refractivity contribution in [3.8, 4) is 11.5 Å². The first-order valence-electron chi connectivity index (χ1n) is 13.2. The second-order valence-corrected chi connectivity index (χ2v) is 8.53.